The van der Waals surface area contributed by atoms with E-state index in [1.807, 2.05) is 25.1 Å². The quantitative estimate of drug-likeness (QED) is 0.776. The second kappa shape index (κ2) is 6.14. The highest BCUT2D eigenvalue weighted by molar-refractivity contribution is 9.10. The van der Waals surface area contributed by atoms with Gasteiger partial charge in [-0.25, -0.2) is 0 Å². The Labute approximate surface area is 130 Å². The first-order valence-electron chi connectivity index (χ1n) is 5.65. The fourth-order valence-electron chi connectivity index (χ4n) is 1.55. The molecule has 2 aromatic rings. The number of rotatable bonds is 3. The molecular formula is C14H12BrCl2NO. The molecule has 2 rings (SSSR count). The van der Waals surface area contributed by atoms with Crippen LogP contribution >= 0.6 is 39.1 Å². The summed E-state index contributed by atoms with van der Waals surface area (Å²) in [6.45, 7) is 1.93. The number of hydrogen-bond donors (Lipinski definition) is 1. The lowest BCUT2D eigenvalue weighted by Crippen LogP contribution is -2.04. The Hall–Kier alpha value is -0.740. The van der Waals surface area contributed by atoms with Gasteiger partial charge in [-0.1, -0.05) is 29.3 Å². The summed E-state index contributed by atoms with van der Waals surface area (Å²) >= 11 is 15.3. The normalized spacial score (nSPS) is 12.3. The van der Waals surface area contributed by atoms with E-state index in [-0.39, 0.29) is 6.04 Å². The van der Waals surface area contributed by atoms with Crippen molar-refractivity contribution < 1.29 is 4.74 Å². The van der Waals surface area contributed by atoms with Gasteiger partial charge >= 0.3 is 0 Å². The minimum Gasteiger partial charge on any atom is -0.456 e. The second-order valence-electron chi connectivity index (χ2n) is 4.16. The molecule has 0 radical (unpaired) electrons. The maximum Gasteiger partial charge on any atom is 0.141 e. The number of nitrogens with two attached hydrogens (primary N) is 1. The molecule has 0 saturated carbocycles. The van der Waals surface area contributed by atoms with Gasteiger partial charge in [0, 0.05) is 12.1 Å². The molecule has 0 amide bonds. The Balaban J connectivity index is 2.25. The molecule has 2 aromatic carbocycles. The minimum atomic E-state index is -0.0182. The van der Waals surface area contributed by atoms with Gasteiger partial charge in [0.2, 0.25) is 0 Å². The Kier molecular flexibility index (Phi) is 4.74. The topological polar surface area (TPSA) is 35.2 Å². The van der Waals surface area contributed by atoms with E-state index in [2.05, 4.69) is 15.9 Å². The molecular weight excluding hydrogens is 349 g/mol. The first-order valence-corrected chi connectivity index (χ1v) is 7.20. The predicted octanol–water partition coefficient (Wildman–Crippen LogP) is 5.57. The number of ether oxygens (including phenoxy) is 1. The van der Waals surface area contributed by atoms with Gasteiger partial charge in [-0.05, 0) is 52.7 Å². The number of benzene rings is 2. The van der Waals surface area contributed by atoms with Crippen LogP contribution in [0.5, 0.6) is 11.5 Å². The zero-order chi connectivity index (χ0) is 14.0. The lowest BCUT2D eigenvalue weighted by atomic mass is 10.1. The van der Waals surface area contributed by atoms with Crippen LogP contribution < -0.4 is 10.5 Å². The number of halogens is 3. The third kappa shape index (κ3) is 3.63. The molecule has 19 heavy (non-hydrogen) atoms. The summed E-state index contributed by atoms with van der Waals surface area (Å²) in [6.07, 6.45) is 0. The third-order valence-electron chi connectivity index (χ3n) is 2.60. The van der Waals surface area contributed by atoms with Crippen LogP contribution in [-0.2, 0) is 0 Å². The summed E-state index contributed by atoms with van der Waals surface area (Å²) in [5.41, 5.74) is 6.86. The highest BCUT2D eigenvalue weighted by atomic mass is 79.9. The zero-order valence-corrected chi connectivity index (χ0v) is 13.3. The van der Waals surface area contributed by atoms with Crippen molar-refractivity contribution in [3.05, 3.63) is 56.5 Å². The first kappa shape index (κ1) is 14.7. The smallest absolute Gasteiger partial charge is 0.141 e. The Morgan fingerprint density at radius 3 is 2.42 bits per heavy atom. The summed E-state index contributed by atoms with van der Waals surface area (Å²) < 4.78 is 6.59. The van der Waals surface area contributed by atoms with Crippen LogP contribution in [0.2, 0.25) is 10.0 Å². The fourth-order valence-corrected chi connectivity index (χ4v) is 2.32. The average molecular weight is 361 g/mol. The van der Waals surface area contributed by atoms with Crippen LogP contribution in [0.25, 0.3) is 0 Å². The largest absolute Gasteiger partial charge is 0.456 e. The predicted molar refractivity (Wildman–Crippen MR) is 83.3 cm³/mol. The van der Waals surface area contributed by atoms with Gasteiger partial charge < -0.3 is 10.5 Å². The van der Waals surface area contributed by atoms with Crippen molar-refractivity contribution in [1.82, 2.24) is 0 Å². The SMILES string of the molecule is CC(N)c1ccc(Oc2ccc(Cl)c(Cl)c2)c(Br)c1. The molecule has 0 fully saturated rings. The van der Waals surface area contributed by atoms with E-state index in [1.165, 1.54) is 0 Å². The van der Waals surface area contributed by atoms with Crippen LogP contribution in [0.15, 0.2) is 40.9 Å². The van der Waals surface area contributed by atoms with Crippen molar-refractivity contribution in [3.8, 4) is 11.5 Å². The van der Waals surface area contributed by atoms with Gasteiger partial charge in [-0.2, -0.15) is 0 Å². The van der Waals surface area contributed by atoms with Gasteiger partial charge in [0.05, 0.1) is 14.5 Å². The van der Waals surface area contributed by atoms with Gasteiger partial charge in [-0.3, -0.25) is 0 Å². The summed E-state index contributed by atoms with van der Waals surface area (Å²) in [7, 11) is 0. The lowest BCUT2D eigenvalue weighted by molar-refractivity contribution is 0.479. The Morgan fingerprint density at radius 2 is 1.84 bits per heavy atom. The summed E-state index contributed by atoms with van der Waals surface area (Å²) in [6, 6.07) is 10.9. The fraction of sp³-hybridized carbons (Fsp3) is 0.143. The molecule has 0 aliphatic heterocycles. The van der Waals surface area contributed by atoms with Gasteiger partial charge in [0.15, 0.2) is 0 Å². The van der Waals surface area contributed by atoms with E-state index < -0.39 is 0 Å². The van der Waals surface area contributed by atoms with E-state index in [0.717, 1.165) is 10.0 Å². The highest BCUT2D eigenvalue weighted by Gasteiger charge is 2.07. The Morgan fingerprint density at radius 1 is 1.11 bits per heavy atom. The molecule has 0 aromatic heterocycles. The molecule has 2 nitrogen and oxygen atoms in total. The van der Waals surface area contributed by atoms with Crippen molar-refractivity contribution in [3.63, 3.8) is 0 Å². The van der Waals surface area contributed by atoms with Crippen LogP contribution in [-0.4, -0.2) is 0 Å². The van der Waals surface area contributed by atoms with Crippen molar-refractivity contribution in [2.75, 3.05) is 0 Å². The standard InChI is InChI=1S/C14H12BrCl2NO/c1-8(18)9-2-5-14(11(15)6-9)19-10-3-4-12(16)13(17)7-10/h2-8H,18H2,1H3. The average Bonchev–Trinajstić information content (AvgIpc) is 2.36. The third-order valence-corrected chi connectivity index (χ3v) is 3.96. The van der Waals surface area contributed by atoms with Gasteiger partial charge in [-0.15, -0.1) is 0 Å². The zero-order valence-electron chi connectivity index (χ0n) is 10.2. The molecule has 2 N–H and O–H groups in total. The summed E-state index contributed by atoms with van der Waals surface area (Å²) in [5.74, 6) is 1.33. The van der Waals surface area contributed by atoms with E-state index in [9.17, 15) is 0 Å². The van der Waals surface area contributed by atoms with Crippen molar-refractivity contribution >= 4 is 39.1 Å². The lowest BCUT2D eigenvalue weighted by Gasteiger charge is -2.11. The van der Waals surface area contributed by atoms with Crippen LogP contribution in [0.4, 0.5) is 0 Å². The molecule has 5 heteroatoms. The molecule has 1 unspecified atom stereocenters. The van der Waals surface area contributed by atoms with Gasteiger partial charge in [0.25, 0.3) is 0 Å². The van der Waals surface area contributed by atoms with Crippen molar-refractivity contribution in [1.29, 1.82) is 0 Å². The second-order valence-corrected chi connectivity index (χ2v) is 5.83. The van der Waals surface area contributed by atoms with Crippen molar-refractivity contribution in [2.45, 2.75) is 13.0 Å². The first-order chi connectivity index (χ1) is 8.97. The molecule has 0 aliphatic carbocycles. The Bertz CT molecular complexity index is 602. The number of hydrogen-bond acceptors (Lipinski definition) is 2. The molecule has 0 spiro atoms. The molecule has 0 aliphatic rings. The molecule has 1 atom stereocenters. The molecule has 100 valence electrons. The minimum absolute atomic E-state index is 0.0182. The molecule has 0 saturated heterocycles. The maximum absolute atomic E-state index is 5.95. The van der Waals surface area contributed by atoms with E-state index >= 15 is 0 Å². The van der Waals surface area contributed by atoms with E-state index in [0.29, 0.717) is 21.5 Å². The molecule has 0 bridgehead atoms. The van der Waals surface area contributed by atoms with Crippen LogP contribution in [0, 0.1) is 0 Å². The van der Waals surface area contributed by atoms with Gasteiger partial charge in [0.1, 0.15) is 11.5 Å². The van der Waals surface area contributed by atoms with E-state index in [4.69, 9.17) is 33.7 Å². The van der Waals surface area contributed by atoms with Crippen LogP contribution in [0.3, 0.4) is 0 Å². The monoisotopic (exact) mass is 359 g/mol. The summed E-state index contributed by atoms with van der Waals surface area (Å²) in [5, 5.41) is 0.961. The van der Waals surface area contributed by atoms with Crippen molar-refractivity contribution in [2.24, 2.45) is 5.73 Å². The highest BCUT2D eigenvalue weighted by Crippen LogP contribution is 2.34. The summed E-state index contributed by atoms with van der Waals surface area (Å²) in [4.78, 5) is 0. The van der Waals surface area contributed by atoms with E-state index in [1.54, 1.807) is 18.2 Å². The van der Waals surface area contributed by atoms with Crippen LogP contribution in [0.1, 0.15) is 18.5 Å². The maximum atomic E-state index is 5.95. The molecule has 0 heterocycles.